The molecule has 0 radical (unpaired) electrons. The Morgan fingerprint density at radius 1 is 1.18 bits per heavy atom. The van der Waals surface area contributed by atoms with Gasteiger partial charge in [0, 0.05) is 18.2 Å². The zero-order valence-electron chi connectivity index (χ0n) is 15.7. The van der Waals surface area contributed by atoms with E-state index in [-0.39, 0.29) is 17.9 Å². The highest BCUT2D eigenvalue weighted by molar-refractivity contribution is 6.31. The summed E-state index contributed by atoms with van der Waals surface area (Å²) in [7, 11) is 0. The van der Waals surface area contributed by atoms with E-state index < -0.39 is 0 Å². The quantitative estimate of drug-likeness (QED) is 0.736. The van der Waals surface area contributed by atoms with Gasteiger partial charge in [0.25, 0.3) is 11.8 Å². The Balaban J connectivity index is 1.74. The molecule has 1 unspecified atom stereocenters. The van der Waals surface area contributed by atoms with E-state index in [2.05, 4.69) is 10.6 Å². The summed E-state index contributed by atoms with van der Waals surface area (Å²) in [6.07, 6.45) is 2.00. The molecular formula is C21H23ClN2O4. The Hall–Kier alpha value is -2.57. The van der Waals surface area contributed by atoms with E-state index in [1.807, 2.05) is 6.92 Å². The lowest BCUT2D eigenvalue weighted by atomic mass is 10.1. The van der Waals surface area contributed by atoms with Gasteiger partial charge in [0.2, 0.25) is 0 Å². The Morgan fingerprint density at radius 2 is 2.00 bits per heavy atom. The summed E-state index contributed by atoms with van der Waals surface area (Å²) >= 11 is 6.00. The maximum Gasteiger partial charge on any atom is 0.259 e. The molecule has 3 rings (SSSR count). The summed E-state index contributed by atoms with van der Waals surface area (Å²) in [5.41, 5.74) is 1.16. The maximum absolute atomic E-state index is 12.8. The lowest BCUT2D eigenvalue weighted by molar-refractivity contribution is 0.0858. The van der Waals surface area contributed by atoms with E-state index in [1.165, 1.54) is 0 Å². The molecule has 1 aliphatic heterocycles. The maximum atomic E-state index is 12.8. The first-order chi connectivity index (χ1) is 13.6. The van der Waals surface area contributed by atoms with E-state index >= 15 is 0 Å². The third-order valence-electron chi connectivity index (χ3n) is 4.42. The first kappa shape index (κ1) is 20.2. The van der Waals surface area contributed by atoms with Gasteiger partial charge in [0.05, 0.1) is 29.5 Å². The van der Waals surface area contributed by atoms with Crippen LogP contribution >= 0.6 is 11.6 Å². The molecule has 148 valence electrons. The second-order valence-corrected chi connectivity index (χ2v) is 6.85. The number of carbonyl (C=O) groups is 2. The highest BCUT2D eigenvalue weighted by Gasteiger charge is 2.20. The number of anilines is 1. The van der Waals surface area contributed by atoms with Gasteiger partial charge in [-0.1, -0.05) is 23.7 Å². The van der Waals surface area contributed by atoms with Crippen molar-refractivity contribution in [2.45, 2.75) is 25.9 Å². The molecule has 7 heteroatoms. The molecule has 0 aliphatic carbocycles. The first-order valence-electron chi connectivity index (χ1n) is 9.31. The van der Waals surface area contributed by atoms with Gasteiger partial charge in [-0.05, 0) is 50.1 Å². The summed E-state index contributed by atoms with van der Waals surface area (Å²) in [5, 5.41) is 6.16. The van der Waals surface area contributed by atoms with E-state index in [4.69, 9.17) is 21.1 Å². The van der Waals surface area contributed by atoms with Gasteiger partial charge in [-0.2, -0.15) is 0 Å². The van der Waals surface area contributed by atoms with Crippen molar-refractivity contribution in [3.05, 3.63) is 58.6 Å². The number of para-hydroxylation sites is 1. The zero-order chi connectivity index (χ0) is 19.9. The molecule has 2 aromatic rings. The van der Waals surface area contributed by atoms with Gasteiger partial charge in [0.15, 0.2) is 0 Å². The highest BCUT2D eigenvalue weighted by atomic mass is 35.5. The molecular weight excluding hydrogens is 380 g/mol. The molecule has 1 fully saturated rings. The van der Waals surface area contributed by atoms with E-state index in [1.54, 1.807) is 42.5 Å². The Morgan fingerprint density at radius 3 is 2.75 bits per heavy atom. The van der Waals surface area contributed by atoms with Gasteiger partial charge in [-0.3, -0.25) is 9.59 Å². The molecule has 1 atom stereocenters. The summed E-state index contributed by atoms with van der Waals surface area (Å²) in [5.74, 6) is -0.236. The SMILES string of the molecule is CCOc1cc(Cl)ccc1C(=O)Nc1ccccc1C(=O)NCC1CCCO1. The number of ether oxygens (including phenoxy) is 2. The van der Waals surface area contributed by atoms with Crippen LogP contribution in [0.1, 0.15) is 40.5 Å². The molecule has 1 aliphatic rings. The molecule has 2 N–H and O–H groups in total. The van der Waals surface area contributed by atoms with Crippen LogP contribution in [0, 0.1) is 0 Å². The van der Waals surface area contributed by atoms with Crippen molar-refractivity contribution in [2.75, 3.05) is 25.1 Å². The molecule has 2 aromatic carbocycles. The van der Waals surface area contributed by atoms with E-state index in [0.29, 0.717) is 40.7 Å². The Kier molecular flexibility index (Phi) is 6.90. The fourth-order valence-electron chi connectivity index (χ4n) is 3.05. The van der Waals surface area contributed by atoms with Gasteiger partial charge in [-0.15, -0.1) is 0 Å². The summed E-state index contributed by atoms with van der Waals surface area (Å²) < 4.78 is 11.0. The van der Waals surface area contributed by atoms with Crippen LogP contribution in [0.25, 0.3) is 0 Å². The summed E-state index contributed by atoms with van der Waals surface area (Å²) in [6, 6.07) is 11.7. The van der Waals surface area contributed by atoms with E-state index in [0.717, 1.165) is 19.4 Å². The molecule has 0 bridgehead atoms. The second kappa shape index (κ2) is 9.57. The fraction of sp³-hybridized carbons (Fsp3) is 0.333. The van der Waals surface area contributed by atoms with Crippen LogP contribution in [0.15, 0.2) is 42.5 Å². The van der Waals surface area contributed by atoms with Crippen LogP contribution in [0.2, 0.25) is 5.02 Å². The van der Waals surface area contributed by atoms with Crippen LogP contribution in [0.3, 0.4) is 0 Å². The highest BCUT2D eigenvalue weighted by Crippen LogP contribution is 2.25. The molecule has 2 amide bonds. The lowest BCUT2D eigenvalue weighted by Crippen LogP contribution is -2.32. The third-order valence-corrected chi connectivity index (χ3v) is 4.66. The van der Waals surface area contributed by atoms with Crippen LogP contribution in [0.4, 0.5) is 5.69 Å². The standard InChI is InChI=1S/C21H23ClN2O4/c1-2-27-19-12-14(22)9-10-17(19)21(26)24-18-8-4-3-7-16(18)20(25)23-13-15-6-5-11-28-15/h3-4,7-10,12,15H,2,5-6,11,13H2,1H3,(H,23,25)(H,24,26). The lowest BCUT2D eigenvalue weighted by Gasteiger charge is -2.15. The average Bonchev–Trinajstić information content (AvgIpc) is 3.20. The topological polar surface area (TPSA) is 76.7 Å². The number of halogens is 1. The van der Waals surface area contributed by atoms with Crippen molar-refractivity contribution < 1.29 is 19.1 Å². The molecule has 28 heavy (non-hydrogen) atoms. The van der Waals surface area contributed by atoms with Crippen LogP contribution < -0.4 is 15.4 Å². The van der Waals surface area contributed by atoms with Gasteiger partial charge in [-0.25, -0.2) is 0 Å². The number of hydrogen-bond donors (Lipinski definition) is 2. The number of hydrogen-bond acceptors (Lipinski definition) is 4. The zero-order valence-corrected chi connectivity index (χ0v) is 16.4. The number of nitrogens with one attached hydrogen (secondary N) is 2. The third kappa shape index (κ3) is 5.03. The van der Waals surface area contributed by atoms with Gasteiger partial charge in [0.1, 0.15) is 5.75 Å². The van der Waals surface area contributed by atoms with Crippen molar-refractivity contribution >= 4 is 29.1 Å². The van der Waals surface area contributed by atoms with Crippen molar-refractivity contribution in [1.29, 1.82) is 0 Å². The summed E-state index contributed by atoms with van der Waals surface area (Å²) in [6.45, 7) is 3.42. The van der Waals surface area contributed by atoms with Crippen LogP contribution in [0.5, 0.6) is 5.75 Å². The van der Waals surface area contributed by atoms with Crippen LogP contribution in [-0.4, -0.2) is 37.7 Å². The minimum absolute atomic E-state index is 0.0496. The average molecular weight is 403 g/mol. The molecule has 6 nitrogen and oxygen atoms in total. The largest absolute Gasteiger partial charge is 0.493 e. The monoisotopic (exact) mass is 402 g/mol. The predicted molar refractivity (Wildman–Crippen MR) is 108 cm³/mol. The molecule has 1 heterocycles. The number of amides is 2. The van der Waals surface area contributed by atoms with Crippen molar-refractivity contribution in [3.63, 3.8) is 0 Å². The number of carbonyl (C=O) groups excluding carboxylic acids is 2. The van der Waals surface area contributed by atoms with Gasteiger partial charge < -0.3 is 20.1 Å². The first-order valence-corrected chi connectivity index (χ1v) is 9.68. The fourth-order valence-corrected chi connectivity index (χ4v) is 3.21. The minimum atomic E-state index is -0.375. The molecule has 0 aromatic heterocycles. The number of rotatable bonds is 7. The summed E-state index contributed by atoms with van der Waals surface area (Å²) in [4.78, 5) is 25.4. The van der Waals surface area contributed by atoms with Crippen molar-refractivity contribution in [2.24, 2.45) is 0 Å². The minimum Gasteiger partial charge on any atom is -0.493 e. The van der Waals surface area contributed by atoms with Crippen molar-refractivity contribution in [1.82, 2.24) is 5.32 Å². The number of benzene rings is 2. The predicted octanol–water partition coefficient (Wildman–Crippen LogP) is 3.90. The molecule has 0 spiro atoms. The smallest absolute Gasteiger partial charge is 0.259 e. The second-order valence-electron chi connectivity index (χ2n) is 6.42. The molecule has 0 saturated carbocycles. The Labute approximate surface area is 169 Å². The van der Waals surface area contributed by atoms with E-state index in [9.17, 15) is 9.59 Å². The molecule has 1 saturated heterocycles. The van der Waals surface area contributed by atoms with Crippen LogP contribution in [-0.2, 0) is 4.74 Å². The van der Waals surface area contributed by atoms with Crippen molar-refractivity contribution in [3.8, 4) is 5.75 Å². The Bertz CT molecular complexity index is 850. The van der Waals surface area contributed by atoms with Gasteiger partial charge >= 0.3 is 0 Å². The normalized spacial score (nSPS) is 15.9.